The van der Waals surface area contributed by atoms with Crippen LogP contribution >= 0.6 is 58.8 Å². The van der Waals surface area contributed by atoms with Crippen LogP contribution in [-0.2, 0) is 13.1 Å². The minimum atomic E-state index is 0. The van der Waals surface area contributed by atoms with Gasteiger partial charge in [0, 0.05) is 13.1 Å². The molecule has 2 N–H and O–H groups in total. The highest BCUT2D eigenvalue weighted by Gasteiger charge is 2.20. The summed E-state index contributed by atoms with van der Waals surface area (Å²) in [6.07, 6.45) is 7.82. The molecule has 0 amide bonds. The standard InChI is InChI=1S/C24H30Cl4N2.ClH/c25-21-5-1-3-19(23(21)27)15-29-13-11-17-7-9-18(10-8-17)12-14-30-16-20-4-2-6-22(26)24(20)28;/h1-6,17-18,29-30H,7-16H2;1H. The van der Waals surface area contributed by atoms with E-state index in [1.807, 2.05) is 36.4 Å². The summed E-state index contributed by atoms with van der Waals surface area (Å²) in [5.41, 5.74) is 2.14. The fraction of sp³-hybridized carbons (Fsp3) is 0.500. The van der Waals surface area contributed by atoms with Gasteiger partial charge in [-0.05, 0) is 61.0 Å². The third-order valence-electron chi connectivity index (χ3n) is 6.12. The normalized spacial score (nSPS) is 18.6. The van der Waals surface area contributed by atoms with Crippen LogP contribution in [0, 0.1) is 11.8 Å². The molecule has 2 aromatic rings. The number of halogens is 5. The first-order chi connectivity index (χ1) is 14.5. The van der Waals surface area contributed by atoms with Gasteiger partial charge in [0.15, 0.2) is 0 Å². The van der Waals surface area contributed by atoms with Gasteiger partial charge in [-0.2, -0.15) is 0 Å². The lowest BCUT2D eigenvalue weighted by molar-refractivity contribution is 0.250. The first-order valence-electron chi connectivity index (χ1n) is 10.8. The lowest BCUT2D eigenvalue weighted by atomic mass is 9.79. The van der Waals surface area contributed by atoms with Gasteiger partial charge in [0.1, 0.15) is 0 Å². The fourth-order valence-corrected chi connectivity index (χ4v) is 5.01. The van der Waals surface area contributed by atoms with Gasteiger partial charge in [-0.1, -0.05) is 96.4 Å². The van der Waals surface area contributed by atoms with Crippen LogP contribution in [0.4, 0.5) is 0 Å². The molecule has 1 aliphatic rings. The van der Waals surface area contributed by atoms with E-state index in [9.17, 15) is 0 Å². The number of hydrogen-bond donors (Lipinski definition) is 2. The molecule has 7 heteroatoms. The Morgan fingerprint density at radius 2 is 1.03 bits per heavy atom. The Balaban J connectivity index is 0.00000341. The highest BCUT2D eigenvalue weighted by atomic mass is 35.5. The molecular weight excluding hydrogens is 494 g/mol. The molecule has 0 aromatic heterocycles. The number of benzene rings is 2. The number of nitrogens with one attached hydrogen (secondary N) is 2. The Kier molecular flexibility index (Phi) is 12.4. The van der Waals surface area contributed by atoms with Gasteiger partial charge in [0.2, 0.25) is 0 Å². The monoisotopic (exact) mass is 522 g/mol. The summed E-state index contributed by atoms with van der Waals surface area (Å²) >= 11 is 24.7. The molecule has 1 saturated carbocycles. The molecule has 0 unspecified atom stereocenters. The quantitative estimate of drug-likeness (QED) is 0.306. The lowest BCUT2D eigenvalue weighted by Gasteiger charge is -2.28. The van der Waals surface area contributed by atoms with Crippen LogP contribution < -0.4 is 10.6 Å². The van der Waals surface area contributed by atoms with Gasteiger partial charge in [-0.25, -0.2) is 0 Å². The highest BCUT2D eigenvalue weighted by molar-refractivity contribution is 6.42. The van der Waals surface area contributed by atoms with Crippen LogP contribution in [0.5, 0.6) is 0 Å². The Morgan fingerprint density at radius 3 is 1.42 bits per heavy atom. The van der Waals surface area contributed by atoms with Crippen molar-refractivity contribution in [1.82, 2.24) is 10.6 Å². The van der Waals surface area contributed by atoms with E-state index in [1.54, 1.807) is 0 Å². The molecule has 2 aromatic carbocycles. The summed E-state index contributed by atoms with van der Waals surface area (Å²) in [7, 11) is 0. The summed E-state index contributed by atoms with van der Waals surface area (Å²) in [5, 5.41) is 9.62. The van der Waals surface area contributed by atoms with Crippen molar-refractivity contribution in [1.29, 1.82) is 0 Å². The molecule has 0 aliphatic heterocycles. The Hall–Kier alpha value is -0.190. The van der Waals surface area contributed by atoms with Crippen LogP contribution in [0.25, 0.3) is 0 Å². The van der Waals surface area contributed by atoms with Crippen molar-refractivity contribution in [2.24, 2.45) is 11.8 Å². The van der Waals surface area contributed by atoms with E-state index in [1.165, 1.54) is 38.5 Å². The molecule has 0 atom stereocenters. The minimum absolute atomic E-state index is 0. The first kappa shape index (κ1) is 27.1. The Bertz CT molecular complexity index is 739. The molecule has 0 saturated heterocycles. The summed E-state index contributed by atoms with van der Waals surface area (Å²) < 4.78 is 0. The lowest BCUT2D eigenvalue weighted by Crippen LogP contribution is -2.23. The van der Waals surface area contributed by atoms with E-state index in [0.717, 1.165) is 49.1 Å². The molecule has 3 rings (SSSR count). The zero-order chi connectivity index (χ0) is 21.3. The SMILES string of the molecule is Cl.Clc1cccc(CNCCC2CCC(CCNCc3cccc(Cl)c3Cl)CC2)c1Cl. The van der Waals surface area contributed by atoms with E-state index >= 15 is 0 Å². The van der Waals surface area contributed by atoms with Crippen LogP contribution in [0.2, 0.25) is 20.1 Å². The maximum atomic E-state index is 6.25. The second-order valence-corrected chi connectivity index (χ2v) is 9.81. The zero-order valence-corrected chi connectivity index (χ0v) is 21.5. The molecule has 0 heterocycles. The van der Waals surface area contributed by atoms with Crippen molar-refractivity contribution >= 4 is 58.8 Å². The highest BCUT2D eigenvalue weighted by Crippen LogP contribution is 2.32. The summed E-state index contributed by atoms with van der Waals surface area (Å²) in [6, 6.07) is 11.6. The van der Waals surface area contributed by atoms with Crippen LogP contribution in [0.1, 0.15) is 49.7 Å². The largest absolute Gasteiger partial charge is 0.313 e. The van der Waals surface area contributed by atoms with Crippen molar-refractivity contribution in [2.45, 2.75) is 51.6 Å². The molecule has 172 valence electrons. The van der Waals surface area contributed by atoms with E-state index in [4.69, 9.17) is 46.4 Å². The van der Waals surface area contributed by atoms with Gasteiger partial charge in [0.05, 0.1) is 20.1 Å². The molecule has 0 spiro atoms. The predicted molar refractivity (Wildman–Crippen MR) is 138 cm³/mol. The zero-order valence-electron chi connectivity index (χ0n) is 17.6. The first-order valence-corrected chi connectivity index (χ1v) is 12.3. The molecule has 1 fully saturated rings. The smallest absolute Gasteiger partial charge is 0.0637 e. The second kappa shape index (κ2) is 14.2. The van der Waals surface area contributed by atoms with E-state index in [2.05, 4.69) is 10.6 Å². The maximum absolute atomic E-state index is 6.25. The summed E-state index contributed by atoms with van der Waals surface area (Å²) in [6.45, 7) is 3.61. The van der Waals surface area contributed by atoms with Gasteiger partial charge >= 0.3 is 0 Å². The average Bonchev–Trinajstić information content (AvgIpc) is 2.75. The van der Waals surface area contributed by atoms with Crippen molar-refractivity contribution in [2.75, 3.05) is 13.1 Å². The molecule has 0 bridgehead atoms. The summed E-state index contributed by atoms with van der Waals surface area (Å²) in [5.74, 6) is 1.67. The molecule has 2 nitrogen and oxygen atoms in total. The Labute approximate surface area is 212 Å². The van der Waals surface area contributed by atoms with E-state index < -0.39 is 0 Å². The van der Waals surface area contributed by atoms with E-state index in [-0.39, 0.29) is 12.4 Å². The maximum Gasteiger partial charge on any atom is 0.0637 e. The van der Waals surface area contributed by atoms with Gasteiger partial charge < -0.3 is 10.6 Å². The molecule has 0 radical (unpaired) electrons. The van der Waals surface area contributed by atoms with Crippen molar-refractivity contribution in [3.8, 4) is 0 Å². The third-order valence-corrected chi connectivity index (χ3v) is 7.84. The molecule has 31 heavy (non-hydrogen) atoms. The van der Waals surface area contributed by atoms with Gasteiger partial charge in [-0.3, -0.25) is 0 Å². The third kappa shape index (κ3) is 8.59. The van der Waals surface area contributed by atoms with Crippen molar-refractivity contribution in [3.63, 3.8) is 0 Å². The molecular formula is C24H31Cl5N2. The van der Waals surface area contributed by atoms with Crippen LogP contribution in [0.15, 0.2) is 36.4 Å². The predicted octanol–water partition coefficient (Wildman–Crippen LogP) is 8.19. The van der Waals surface area contributed by atoms with Crippen LogP contribution in [0.3, 0.4) is 0 Å². The minimum Gasteiger partial charge on any atom is -0.313 e. The molecule has 1 aliphatic carbocycles. The summed E-state index contributed by atoms with van der Waals surface area (Å²) in [4.78, 5) is 0. The van der Waals surface area contributed by atoms with Crippen molar-refractivity contribution < 1.29 is 0 Å². The Morgan fingerprint density at radius 1 is 0.645 bits per heavy atom. The second-order valence-electron chi connectivity index (χ2n) is 8.24. The van der Waals surface area contributed by atoms with Gasteiger partial charge in [-0.15, -0.1) is 12.4 Å². The number of rotatable bonds is 10. The number of hydrogen-bond acceptors (Lipinski definition) is 2. The average molecular weight is 525 g/mol. The van der Waals surface area contributed by atoms with Crippen LogP contribution in [-0.4, -0.2) is 13.1 Å². The fourth-order valence-electron chi connectivity index (χ4n) is 4.24. The van der Waals surface area contributed by atoms with E-state index in [0.29, 0.717) is 20.1 Å². The van der Waals surface area contributed by atoms with Gasteiger partial charge in [0.25, 0.3) is 0 Å². The topological polar surface area (TPSA) is 24.1 Å². The van der Waals surface area contributed by atoms with Crippen molar-refractivity contribution in [3.05, 3.63) is 67.6 Å².